The monoisotopic (exact) mass is 360 g/mol. The predicted octanol–water partition coefficient (Wildman–Crippen LogP) is 7.44. The second-order valence-corrected chi connectivity index (χ2v) is 8.18. The van der Waals surface area contributed by atoms with Crippen molar-refractivity contribution in [3.05, 3.63) is 90.5 Å². The zero-order valence-electron chi connectivity index (χ0n) is 16.0. The quantitative estimate of drug-likeness (QED) is 0.261. The maximum Gasteiger partial charge on any atom is 0.129 e. The largest absolute Gasteiger partial charge is 0.482 e. The fraction of sp³-hybridized carbons (Fsp3) is 0.111. The average Bonchev–Trinajstić information content (AvgIpc) is 2.71. The molecule has 0 atom stereocenters. The Balaban J connectivity index is 1.84. The number of ether oxygens (including phenoxy) is 1. The van der Waals surface area contributed by atoms with Crippen molar-refractivity contribution in [1.29, 1.82) is 0 Å². The minimum Gasteiger partial charge on any atom is -0.482 e. The van der Waals surface area contributed by atoms with Crippen molar-refractivity contribution in [2.45, 2.75) is 19.4 Å². The number of hydrogen-bond acceptors (Lipinski definition) is 1. The summed E-state index contributed by atoms with van der Waals surface area (Å²) in [6.45, 7) is 4.33. The zero-order chi connectivity index (χ0) is 18.9. The molecular weight excluding hydrogens is 340 g/mol. The molecule has 0 saturated heterocycles. The molecule has 1 heteroatoms. The van der Waals surface area contributed by atoms with E-state index in [1.807, 2.05) is 0 Å². The van der Waals surface area contributed by atoms with Crippen LogP contribution in [-0.4, -0.2) is 0 Å². The molecule has 0 N–H and O–H groups in total. The van der Waals surface area contributed by atoms with Crippen molar-refractivity contribution in [3.8, 4) is 16.9 Å². The summed E-state index contributed by atoms with van der Waals surface area (Å²) in [7, 11) is 0. The molecule has 134 valence electrons. The van der Waals surface area contributed by atoms with Crippen LogP contribution in [0.4, 0.5) is 0 Å². The van der Waals surface area contributed by atoms with Crippen LogP contribution in [0.25, 0.3) is 43.4 Å². The Labute approximate surface area is 164 Å². The topological polar surface area (TPSA) is 9.23 Å². The third-order valence-electron chi connectivity index (χ3n) is 6.04. The Morgan fingerprint density at radius 3 is 2.07 bits per heavy atom. The highest BCUT2D eigenvalue weighted by Gasteiger charge is 2.34. The van der Waals surface area contributed by atoms with Gasteiger partial charge in [-0.15, -0.1) is 0 Å². The van der Waals surface area contributed by atoms with Crippen LogP contribution < -0.4 is 4.74 Å². The molecule has 0 bridgehead atoms. The number of hydrogen-bond donors (Lipinski definition) is 0. The normalized spacial score (nSPS) is 14.6. The lowest BCUT2D eigenvalue weighted by molar-refractivity contribution is 0.106. The fourth-order valence-electron chi connectivity index (χ4n) is 4.71. The Bertz CT molecular complexity index is 1410. The fourth-order valence-corrected chi connectivity index (χ4v) is 4.71. The Hall–Kier alpha value is -3.32. The maximum absolute atomic E-state index is 6.49. The van der Waals surface area contributed by atoms with Gasteiger partial charge in [0.15, 0.2) is 0 Å². The highest BCUT2D eigenvalue weighted by Crippen LogP contribution is 2.51. The first-order valence-electron chi connectivity index (χ1n) is 9.79. The average molecular weight is 360 g/mol. The molecule has 5 aromatic carbocycles. The van der Waals surface area contributed by atoms with Crippen molar-refractivity contribution in [2.24, 2.45) is 0 Å². The van der Waals surface area contributed by atoms with Crippen LogP contribution in [0.15, 0.2) is 84.9 Å². The summed E-state index contributed by atoms with van der Waals surface area (Å²) in [6, 6.07) is 30.6. The van der Waals surface area contributed by atoms with E-state index in [2.05, 4.69) is 98.8 Å². The lowest BCUT2D eigenvalue weighted by atomic mass is 9.81. The standard InChI is InChI=1S/C27H20O/c1-27(2)23-13-11-20-15-18-8-3-4-9-19(18)16-22(20)25(23)26-21-10-6-5-7-17(21)12-14-24(26)28-27/h3-16H,1-2H3. The summed E-state index contributed by atoms with van der Waals surface area (Å²) in [5, 5.41) is 7.61. The molecule has 0 spiro atoms. The minimum absolute atomic E-state index is 0.370. The van der Waals surface area contributed by atoms with E-state index in [-0.39, 0.29) is 5.60 Å². The smallest absolute Gasteiger partial charge is 0.129 e. The maximum atomic E-state index is 6.49. The molecule has 1 aliphatic rings. The van der Waals surface area contributed by atoms with Crippen molar-refractivity contribution < 1.29 is 4.74 Å². The van der Waals surface area contributed by atoms with Crippen LogP contribution >= 0.6 is 0 Å². The van der Waals surface area contributed by atoms with Gasteiger partial charge in [-0.2, -0.15) is 0 Å². The van der Waals surface area contributed by atoms with Gasteiger partial charge in [0.2, 0.25) is 0 Å². The van der Waals surface area contributed by atoms with Crippen LogP contribution in [0.1, 0.15) is 19.4 Å². The molecule has 0 saturated carbocycles. The molecule has 6 rings (SSSR count). The minimum atomic E-state index is -0.370. The molecule has 28 heavy (non-hydrogen) atoms. The van der Waals surface area contributed by atoms with Crippen LogP contribution in [0.3, 0.4) is 0 Å². The van der Waals surface area contributed by atoms with Crippen molar-refractivity contribution in [3.63, 3.8) is 0 Å². The molecule has 1 heterocycles. The van der Waals surface area contributed by atoms with E-state index in [9.17, 15) is 0 Å². The van der Waals surface area contributed by atoms with Gasteiger partial charge in [-0.3, -0.25) is 0 Å². The summed E-state index contributed by atoms with van der Waals surface area (Å²) in [5.74, 6) is 0.969. The summed E-state index contributed by atoms with van der Waals surface area (Å²) >= 11 is 0. The molecule has 0 radical (unpaired) electrons. The predicted molar refractivity (Wildman–Crippen MR) is 118 cm³/mol. The molecule has 0 unspecified atom stereocenters. The SMILES string of the molecule is CC1(C)Oc2ccc3ccccc3c2-c2c1ccc1cc3ccccc3cc21. The van der Waals surface area contributed by atoms with Crippen LogP contribution in [0.2, 0.25) is 0 Å². The number of rotatable bonds is 0. The van der Waals surface area contributed by atoms with Crippen molar-refractivity contribution in [1.82, 2.24) is 0 Å². The molecule has 0 amide bonds. The molecular formula is C27H20O. The Morgan fingerprint density at radius 2 is 1.25 bits per heavy atom. The summed E-state index contributed by atoms with van der Waals surface area (Å²) in [4.78, 5) is 0. The Kier molecular flexibility index (Phi) is 3.01. The third kappa shape index (κ3) is 2.07. The first-order chi connectivity index (χ1) is 13.6. The van der Waals surface area contributed by atoms with Crippen molar-refractivity contribution in [2.75, 3.05) is 0 Å². The van der Waals surface area contributed by atoms with Crippen LogP contribution in [-0.2, 0) is 5.60 Å². The zero-order valence-corrected chi connectivity index (χ0v) is 16.0. The van der Waals surface area contributed by atoms with Gasteiger partial charge in [-0.05, 0) is 64.4 Å². The molecule has 1 aliphatic heterocycles. The van der Waals surface area contributed by atoms with Gasteiger partial charge >= 0.3 is 0 Å². The van der Waals surface area contributed by atoms with E-state index in [4.69, 9.17) is 4.74 Å². The lowest BCUT2D eigenvalue weighted by Crippen LogP contribution is -2.29. The van der Waals surface area contributed by atoms with Gasteiger partial charge in [0.05, 0.1) is 0 Å². The first kappa shape index (κ1) is 15.7. The first-order valence-corrected chi connectivity index (χ1v) is 9.79. The molecule has 0 aliphatic carbocycles. The summed E-state index contributed by atoms with van der Waals surface area (Å²) in [5.41, 5.74) is 3.41. The second kappa shape index (κ2) is 5.36. The highest BCUT2D eigenvalue weighted by atomic mass is 16.5. The summed E-state index contributed by atoms with van der Waals surface area (Å²) < 4.78 is 6.49. The van der Waals surface area contributed by atoms with E-state index in [0.717, 1.165) is 5.75 Å². The van der Waals surface area contributed by atoms with Gasteiger partial charge < -0.3 is 4.74 Å². The van der Waals surface area contributed by atoms with Gasteiger partial charge in [0, 0.05) is 16.7 Å². The molecule has 5 aromatic rings. The number of fused-ring (bicyclic) bond motifs is 8. The van der Waals surface area contributed by atoms with Gasteiger partial charge in [-0.25, -0.2) is 0 Å². The Morgan fingerprint density at radius 1 is 0.571 bits per heavy atom. The van der Waals surface area contributed by atoms with Crippen molar-refractivity contribution >= 4 is 32.3 Å². The van der Waals surface area contributed by atoms with E-state index >= 15 is 0 Å². The van der Waals surface area contributed by atoms with E-state index in [0.29, 0.717) is 0 Å². The lowest BCUT2D eigenvalue weighted by Gasteiger charge is -2.36. The molecule has 1 nitrogen and oxygen atoms in total. The summed E-state index contributed by atoms with van der Waals surface area (Å²) in [6.07, 6.45) is 0. The number of benzene rings is 5. The molecule has 0 fully saturated rings. The van der Waals surface area contributed by atoms with Gasteiger partial charge in [0.1, 0.15) is 11.4 Å². The van der Waals surface area contributed by atoms with Gasteiger partial charge in [-0.1, -0.05) is 66.7 Å². The van der Waals surface area contributed by atoms with E-state index in [1.54, 1.807) is 0 Å². The van der Waals surface area contributed by atoms with Crippen LogP contribution in [0.5, 0.6) is 5.75 Å². The highest BCUT2D eigenvalue weighted by molar-refractivity contribution is 6.12. The van der Waals surface area contributed by atoms with E-state index < -0.39 is 0 Å². The third-order valence-corrected chi connectivity index (χ3v) is 6.04. The second-order valence-electron chi connectivity index (χ2n) is 8.18. The van der Waals surface area contributed by atoms with E-state index in [1.165, 1.54) is 49.0 Å². The molecule has 0 aromatic heterocycles. The van der Waals surface area contributed by atoms with Gasteiger partial charge in [0.25, 0.3) is 0 Å². The van der Waals surface area contributed by atoms with Crippen LogP contribution in [0, 0.1) is 0 Å².